The molecule has 8 nitrogen and oxygen atoms in total. The molecule has 0 saturated heterocycles. The molecule has 0 saturated carbocycles. The molecule has 1 amide bonds. The summed E-state index contributed by atoms with van der Waals surface area (Å²) in [5.74, 6) is -0.828. The summed E-state index contributed by atoms with van der Waals surface area (Å²) in [7, 11) is 2.95. The number of hydrogen-bond donors (Lipinski definition) is 1. The van der Waals surface area contributed by atoms with Crippen LogP contribution < -0.4 is 14.8 Å². The molecule has 2 aromatic carbocycles. The van der Waals surface area contributed by atoms with Crippen molar-refractivity contribution in [3.05, 3.63) is 53.6 Å². The fourth-order valence-electron chi connectivity index (χ4n) is 2.67. The summed E-state index contributed by atoms with van der Waals surface area (Å²) >= 11 is 0. The van der Waals surface area contributed by atoms with E-state index in [9.17, 15) is 19.2 Å². The number of carbonyl (C=O) groups excluding carboxylic acids is 4. The Kier molecular flexibility index (Phi) is 8.10. The van der Waals surface area contributed by atoms with Gasteiger partial charge in [0, 0.05) is 17.5 Å². The Labute approximate surface area is 174 Å². The maximum Gasteiger partial charge on any atom is 0.306 e. The average molecular weight is 413 g/mol. The minimum absolute atomic E-state index is 0.0803. The summed E-state index contributed by atoms with van der Waals surface area (Å²) in [6, 6.07) is 11.2. The summed E-state index contributed by atoms with van der Waals surface area (Å²) in [6.45, 7) is 0.871. The zero-order valence-electron chi connectivity index (χ0n) is 17.0. The maximum absolute atomic E-state index is 12.3. The number of carbonyl (C=O) groups is 4. The molecule has 1 N–H and O–H groups in total. The van der Waals surface area contributed by atoms with Gasteiger partial charge >= 0.3 is 5.97 Å². The van der Waals surface area contributed by atoms with Crippen molar-refractivity contribution in [2.45, 2.75) is 19.8 Å². The van der Waals surface area contributed by atoms with Crippen LogP contribution in [-0.4, -0.2) is 44.3 Å². The fraction of sp³-hybridized carbons (Fsp3) is 0.273. The lowest BCUT2D eigenvalue weighted by Gasteiger charge is -2.10. The second-order valence-electron chi connectivity index (χ2n) is 6.30. The zero-order chi connectivity index (χ0) is 22.1. The van der Waals surface area contributed by atoms with Crippen LogP contribution in [0.3, 0.4) is 0 Å². The van der Waals surface area contributed by atoms with Gasteiger partial charge in [-0.05, 0) is 37.3 Å². The van der Waals surface area contributed by atoms with E-state index in [4.69, 9.17) is 14.2 Å². The lowest BCUT2D eigenvalue weighted by molar-refractivity contribution is -0.147. The van der Waals surface area contributed by atoms with Crippen LogP contribution in [0.15, 0.2) is 42.5 Å². The first-order valence-electron chi connectivity index (χ1n) is 9.16. The second-order valence-corrected chi connectivity index (χ2v) is 6.30. The van der Waals surface area contributed by atoms with Gasteiger partial charge in [0.25, 0.3) is 5.91 Å². The predicted octanol–water partition coefficient (Wildman–Crippen LogP) is 3.05. The summed E-state index contributed by atoms with van der Waals surface area (Å²) in [5, 5.41) is 2.53. The van der Waals surface area contributed by atoms with Gasteiger partial charge < -0.3 is 19.5 Å². The first-order valence-corrected chi connectivity index (χ1v) is 9.16. The first-order chi connectivity index (χ1) is 14.3. The maximum atomic E-state index is 12.3. The van der Waals surface area contributed by atoms with Crippen LogP contribution in [0.5, 0.6) is 11.5 Å². The molecule has 2 aromatic rings. The summed E-state index contributed by atoms with van der Waals surface area (Å²) < 4.78 is 15.2. The number of rotatable bonds is 10. The highest BCUT2D eigenvalue weighted by atomic mass is 16.5. The van der Waals surface area contributed by atoms with Crippen LogP contribution in [0.2, 0.25) is 0 Å². The lowest BCUT2D eigenvalue weighted by atomic mass is 10.1. The van der Waals surface area contributed by atoms with Crippen molar-refractivity contribution < 1.29 is 33.4 Å². The molecule has 0 radical (unpaired) electrons. The molecular weight excluding hydrogens is 390 g/mol. The Morgan fingerprint density at radius 2 is 1.60 bits per heavy atom. The van der Waals surface area contributed by atoms with Crippen LogP contribution in [0, 0.1) is 0 Å². The number of ether oxygens (including phenoxy) is 3. The largest absolute Gasteiger partial charge is 0.493 e. The third-order valence-corrected chi connectivity index (χ3v) is 4.21. The van der Waals surface area contributed by atoms with E-state index in [2.05, 4.69) is 5.32 Å². The number of amides is 1. The monoisotopic (exact) mass is 413 g/mol. The van der Waals surface area contributed by atoms with Crippen LogP contribution in [0.25, 0.3) is 0 Å². The Hall–Kier alpha value is -3.68. The molecule has 0 spiro atoms. The van der Waals surface area contributed by atoms with Crippen molar-refractivity contribution in [3.8, 4) is 11.5 Å². The van der Waals surface area contributed by atoms with E-state index < -0.39 is 18.5 Å². The zero-order valence-corrected chi connectivity index (χ0v) is 17.0. The molecule has 0 aliphatic heterocycles. The van der Waals surface area contributed by atoms with Crippen molar-refractivity contribution in [3.63, 3.8) is 0 Å². The Morgan fingerprint density at radius 1 is 0.900 bits per heavy atom. The summed E-state index contributed by atoms with van der Waals surface area (Å²) in [6.07, 6.45) is -0.256. The number of nitrogens with one attached hydrogen (secondary N) is 1. The summed E-state index contributed by atoms with van der Waals surface area (Å²) in [4.78, 5) is 47.7. The molecule has 0 fully saturated rings. The number of anilines is 1. The van der Waals surface area contributed by atoms with E-state index in [-0.39, 0.29) is 24.4 Å². The second kappa shape index (κ2) is 10.8. The minimum Gasteiger partial charge on any atom is -0.493 e. The van der Waals surface area contributed by atoms with Crippen LogP contribution >= 0.6 is 0 Å². The molecule has 2 rings (SSSR count). The quantitative estimate of drug-likeness (QED) is 0.471. The standard InChI is InChI=1S/C22H23NO7/c1-14(24)16-6-4-5-7-17(16)23-21(26)13-30-22(27)11-9-18(25)15-8-10-19(28-2)20(12-15)29-3/h4-8,10,12H,9,11,13H2,1-3H3,(H,23,26). The Balaban J connectivity index is 1.83. The van der Waals surface area contributed by atoms with E-state index in [1.807, 2.05) is 0 Å². The molecule has 0 aliphatic carbocycles. The molecule has 0 bridgehead atoms. The number of esters is 1. The van der Waals surface area contributed by atoms with Gasteiger partial charge in [-0.25, -0.2) is 0 Å². The average Bonchev–Trinajstić information content (AvgIpc) is 2.75. The van der Waals surface area contributed by atoms with Gasteiger partial charge in [0.15, 0.2) is 29.7 Å². The molecule has 0 aliphatic rings. The van der Waals surface area contributed by atoms with E-state index in [0.717, 1.165) is 0 Å². The third-order valence-electron chi connectivity index (χ3n) is 4.21. The molecule has 8 heteroatoms. The normalized spacial score (nSPS) is 10.1. The van der Waals surface area contributed by atoms with E-state index >= 15 is 0 Å². The number of ketones is 2. The number of hydrogen-bond acceptors (Lipinski definition) is 7. The van der Waals surface area contributed by atoms with Crippen molar-refractivity contribution in [1.29, 1.82) is 0 Å². The third kappa shape index (κ3) is 6.16. The van der Waals surface area contributed by atoms with Gasteiger partial charge in [0.1, 0.15) is 0 Å². The molecular formula is C22H23NO7. The van der Waals surface area contributed by atoms with Gasteiger partial charge in [0.05, 0.1) is 26.3 Å². The molecule has 158 valence electrons. The highest BCUT2D eigenvalue weighted by Crippen LogP contribution is 2.28. The number of Topliss-reactive ketones (excluding diaryl/α,β-unsaturated/α-hetero) is 2. The molecule has 30 heavy (non-hydrogen) atoms. The van der Waals surface area contributed by atoms with Gasteiger partial charge in [-0.2, -0.15) is 0 Å². The van der Waals surface area contributed by atoms with Gasteiger partial charge in [0.2, 0.25) is 0 Å². The SMILES string of the molecule is COc1ccc(C(=O)CCC(=O)OCC(=O)Nc2ccccc2C(C)=O)cc1OC. The molecule has 0 unspecified atom stereocenters. The Bertz CT molecular complexity index is 952. The van der Waals surface area contributed by atoms with Gasteiger partial charge in [-0.1, -0.05) is 12.1 Å². The van der Waals surface area contributed by atoms with Crippen molar-refractivity contribution in [1.82, 2.24) is 0 Å². The highest BCUT2D eigenvalue weighted by molar-refractivity contribution is 6.04. The number of para-hydroxylation sites is 1. The summed E-state index contributed by atoms with van der Waals surface area (Å²) in [5.41, 5.74) is 1.08. The molecule has 0 aromatic heterocycles. The van der Waals surface area contributed by atoms with Crippen molar-refractivity contribution in [2.24, 2.45) is 0 Å². The van der Waals surface area contributed by atoms with Crippen LogP contribution in [0.1, 0.15) is 40.5 Å². The highest BCUT2D eigenvalue weighted by Gasteiger charge is 2.15. The number of benzene rings is 2. The molecule has 0 atom stereocenters. The van der Waals surface area contributed by atoms with Crippen molar-refractivity contribution in [2.75, 3.05) is 26.1 Å². The van der Waals surface area contributed by atoms with Gasteiger partial charge in [-0.3, -0.25) is 19.2 Å². The topological polar surface area (TPSA) is 108 Å². The van der Waals surface area contributed by atoms with E-state index in [1.165, 1.54) is 27.2 Å². The predicted molar refractivity (Wildman–Crippen MR) is 109 cm³/mol. The lowest BCUT2D eigenvalue weighted by Crippen LogP contribution is -2.22. The van der Waals surface area contributed by atoms with Crippen LogP contribution in [-0.2, 0) is 14.3 Å². The fourth-order valence-corrected chi connectivity index (χ4v) is 2.67. The van der Waals surface area contributed by atoms with Crippen LogP contribution in [0.4, 0.5) is 5.69 Å². The van der Waals surface area contributed by atoms with Gasteiger partial charge in [-0.15, -0.1) is 0 Å². The van der Waals surface area contributed by atoms with Crippen molar-refractivity contribution >= 4 is 29.1 Å². The minimum atomic E-state index is -0.682. The van der Waals surface area contributed by atoms with E-state index in [0.29, 0.717) is 28.3 Å². The first kappa shape index (κ1) is 22.6. The van der Waals surface area contributed by atoms with E-state index in [1.54, 1.807) is 36.4 Å². The number of methoxy groups -OCH3 is 2. The Morgan fingerprint density at radius 3 is 2.27 bits per heavy atom. The molecule has 0 heterocycles. The smallest absolute Gasteiger partial charge is 0.306 e.